The molecule has 0 bridgehead atoms. The highest BCUT2D eigenvalue weighted by molar-refractivity contribution is 5.07. The summed E-state index contributed by atoms with van der Waals surface area (Å²) in [5.41, 5.74) is 1.37. The number of aryl methyl sites for hydroxylation is 1. The number of rotatable bonds is 7. The Hall–Kier alpha value is -0.870. The molecule has 0 aliphatic carbocycles. The minimum absolute atomic E-state index is 0.495. The predicted molar refractivity (Wildman–Crippen MR) is 83.8 cm³/mol. The first kappa shape index (κ1) is 15.5. The molecule has 0 spiro atoms. The molecular formula is C16H30N4. The summed E-state index contributed by atoms with van der Waals surface area (Å²) in [5, 5.41) is 3.71. The largest absolute Gasteiger partial charge is 0.333 e. The van der Waals surface area contributed by atoms with E-state index in [4.69, 9.17) is 0 Å². The van der Waals surface area contributed by atoms with E-state index in [1.54, 1.807) is 0 Å². The van der Waals surface area contributed by atoms with E-state index in [0.29, 0.717) is 12.1 Å². The normalized spacial score (nSPS) is 23.4. The Morgan fingerprint density at radius 2 is 2.15 bits per heavy atom. The fourth-order valence-electron chi connectivity index (χ4n) is 3.18. The number of nitrogens with one attached hydrogen (secondary N) is 1. The molecule has 1 N–H and O–H groups in total. The molecule has 1 saturated heterocycles. The van der Waals surface area contributed by atoms with Gasteiger partial charge in [0.15, 0.2) is 0 Å². The van der Waals surface area contributed by atoms with Crippen LogP contribution in [0.2, 0.25) is 0 Å². The van der Waals surface area contributed by atoms with Gasteiger partial charge in [-0.05, 0) is 52.2 Å². The molecule has 114 valence electrons. The lowest BCUT2D eigenvalue weighted by molar-refractivity contribution is 0.289. The van der Waals surface area contributed by atoms with Gasteiger partial charge in [0.25, 0.3) is 0 Å². The fraction of sp³-hybridized carbons (Fsp3) is 0.812. The average molecular weight is 278 g/mol. The van der Waals surface area contributed by atoms with Crippen molar-refractivity contribution < 1.29 is 0 Å². The maximum Gasteiger partial charge on any atom is 0.0948 e. The van der Waals surface area contributed by atoms with Gasteiger partial charge in [0.2, 0.25) is 0 Å². The Bertz CT molecular complexity index is 384. The lowest BCUT2D eigenvalue weighted by Gasteiger charge is -2.29. The molecule has 2 rings (SSSR count). The highest BCUT2D eigenvalue weighted by Gasteiger charge is 2.21. The number of nitrogens with zero attached hydrogens (tertiary/aromatic N) is 3. The first-order valence-corrected chi connectivity index (χ1v) is 8.23. The summed E-state index contributed by atoms with van der Waals surface area (Å²) >= 11 is 0. The van der Waals surface area contributed by atoms with Crippen LogP contribution in [0.15, 0.2) is 12.5 Å². The van der Waals surface area contributed by atoms with Crippen molar-refractivity contribution in [1.29, 1.82) is 0 Å². The van der Waals surface area contributed by atoms with Gasteiger partial charge in [-0.2, -0.15) is 0 Å². The lowest BCUT2D eigenvalue weighted by atomic mass is 9.97. The summed E-state index contributed by atoms with van der Waals surface area (Å²) < 4.78 is 2.35. The zero-order chi connectivity index (χ0) is 14.4. The summed E-state index contributed by atoms with van der Waals surface area (Å²) in [5.74, 6) is 0. The topological polar surface area (TPSA) is 33.1 Å². The van der Waals surface area contributed by atoms with Crippen molar-refractivity contribution in [3.8, 4) is 0 Å². The van der Waals surface area contributed by atoms with Crippen molar-refractivity contribution in [2.75, 3.05) is 19.6 Å². The minimum Gasteiger partial charge on any atom is -0.333 e. The quantitative estimate of drug-likeness (QED) is 0.832. The number of imidazole rings is 1. The third-order valence-corrected chi connectivity index (χ3v) is 4.48. The van der Waals surface area contributed by atoms with E-state index < -0.39 is 0 Å². The summed E-state index contributed by atoms with van der Waals surface area (Å²) in [6.07, 6.45) is 9.11. The smallest absolute Gasteiger partial charge is 0.0948 e. The lowest BCUT2D eigenvalue weighted by Crippen LogP contribution is -2.35. The van der Waals surface area contributed by atoms with E-state index >= 15 is 0 Å². The SMILES string of the molecule is CCN(CC)CCCn1cncc1C1CCCC(C)N1. The van der Waals surface area contributed by atoms with Crippen LogP contribution in [0, 0.1) is 0 Å². The molecule has 0 amide bonds. The van der Waals surface area contributed by atoms with E-state index in [-0.39, 0.29) is 0 Å². The average Bonchev–Trinajstić information content (AvgIpc) is 2.92. The van der Waals surface area contributed by atoms with Gasteiger partial charge in [-0.15, -0.1) is 0 Å². The van der Waals surface area contributed by atoms with Crippen LogP contribution in [0.1, 0.15) is 58.2 Å². The summed E-state index contributed by atoms with van der Waals surface area (Å²) in [6, 6.07) is 1.13. The summed E-state index contributed by atoms with van der Waals surface area (Å²) in [7, 11) is 0. The molecule has 2 heterocycles. The molecule has 1 aliphatic rings. The van der Waals surface area contributed by atoms with Crippen molar-refractivity contribution in [3.05, 3.63) is 18.2 Å². The summed E-state index contributed by atoms with van der Waals surface area (Å²) in [6.45, 7) is 11.3. The van der Waals surface area contributed by atoms with Crippen LogP contribution in [-0.2, 0) is 6.54 Å². The van der Waals surface area contributed by atoms with Crippen LogP contribution in [-0.4, -0.2) is 40.1 Å². The molecule has 0 aromatic carbocycles. The van der Waals surface area contributed by atoms with Crippen molar-refractivity contribution in [2.45, 2.75) is 65.1 Å². The fourth-order valence-corrected chi connectivity index (χ4v) is 3.18. The van der Waals surface area contributed by atoms with Crippen LogP contribution >= 0.6 is 0 Å². The van der Waals surface area contributed by atoms with Crippen molar-refractivity contribution in [1.82, 2.24) is 19.8 Å². The highest BCUT2D eigenvalue weighted by Crippen LogP contribution is 2.25. The van der Waals surface area contributed by atoms with E-state index in [1.807, 2.05) is 12.5 Å². The van der Waals surface area contributed by atoms with Crippen molar-refractivity contribution >= 4 is 0 Å². The monoisotopic (exact) mass is 278 g/mol. The van der Waals surface area contributed by atoms with Crippen LogP contribution in [0.25, 0.3) is 0 Å². The standard InChI is InChI=1S/C16H30N4/c1-4-19(5-2)10-7-11-20-13-17-12-16(20)15-9-6-8-14(3)18-15/h12-15,18H,4-11H2,1-3H3. The Labute approximate surface area is 123 Å². The number of hydrogen-bond acceptors (Lipinski definition) is 3. The number of hydrogen-bond donors (Lipinski definition) is 1. The molecule has 0 saturated carbocycles. The van der Waals surface area contributed by atoms with Gasteiger partial charge in [-0.25, -0.2) is 4.98 Å². The van der Waals surface area contributed by atoms with Crippen molar-refractivity contribution in [2.24, 2.45) is 0 Å². The molecule has 2 atom stereocenters. The minimum atomic E-state index is 0.495. The van der Waals surface area contributed by atoms with Gasteiger partial charge < -0.3 is 14.8 Å². The van der Waals surface area contributed by atoms with Gasteiger partial charge in [-0.1, -0.05) is 13.8 Å². The van der Waals surface area contributed by atoms with Crippen LogP contribution in [0.4, 0.5) is 0 Å². The van der Waals surface area contributed by atoms with Gasteiger partial charge in [-0.3, -0.25) is 0 Å². The molecule has 1 aromatic rings. The first-order valence-electron chi connectivity index (χ1n) is 8.23. The van der Waals surface area contributed by atoms with E-state index in [2.05, 4.69) is 40.5 Å². The molecule has 2 unspecified atom stereocenters. The second kappa shape index (κ2) is 7.79. The number of piperidine rings is 1. The predicted octanol–water partition coefficient (Wildman–Crippen LogP) is 2.82. The molecule has 4 nitrogen and oxygen atoms in total. The highest BCUT2D eigenvalue weighted by atomic mass is 15.1. The molecule has 1 fully saturated rings. The molecule has 0 radical (unpaired) electrons. The third kappa shape index (κ3) is 4.06. The van der Waals surface area contributed by atoms with Crippen LogP contribution in [0.5, 0.6) is 0 Å². The second-order valence-corrected chi connectivity index (χ2v) is 5.94. The molecule has 20 heavy (non-hydrogen) atoms. The van der Waals surface area contributed by atoms with Crippen LogP contribution < -0.4 is 5.32 Å². The Morgan fingerprint density at radius 1 is 1.35 bits per heavy atom. The summed E-state index contributed by atoms with van der Waals surface area (Å²) in [4.78, 5) is 6.85. The zero-order valence-electron chi connectivity index (χ0n) is 13.3. The van der Waals surface area contributed by atoms with E-state index in [0.717, 1.165) is 19.6 Å². The van der Waals surface area contributed by atoms with Gasteiger partial charge in [0.05, 0.1) is 12.0 Å². The molecule has 1 aromatic heterocycles. The Balaban J connectivity index is 1.88. The first-order chi connectivity index (χ1) is 9.74. The second-order valence-electron chi connectivity index (χ2n) is 5.94. The molecule has 4 heteroatoms. The maximum atomic E-state index is 4.37. The van der Waals surface area contributed by atoms with E-state index in [1.165, 1.54) is 37.9 Å². The van der Waals surface area contributed by atoms with E-state index in [9.17, 15) is 0 Å². The maximum absolute atomic E-state index is 4.37. The number of aromatic nitrogens is 2. The van der Waals surface area contributed by atoms with Gasteiger partial charge >= 0.3 is 0 Å². The zero-order valence-corrected chi connectivity index (χ0v) is 13.3. The van der Waals surface area contributed by atoms with Crippen molar-refractivity contribution in [3.63, 3.8) is 0 Å². The van der Waals surface area contributed by atoms with Crippen LogP contribution in [0.3, 0.4) is 0 Å². The molecular weight excluding hydrogens is 248 g/mol. The van der Waals surface area contributed by atoms with Gasteiger partial charge in [0, 0.05) is 24.8 Å². The van der Waals surface area contributed by atoms with Gasteiger partial charge in [0.1, 0.15) is 0 Å². The Morgan fingerprint density at radius 3 is 2.85 bits per heavy atom. The molecule has 1 aliphatic heterocycles. The third-order valence-electron chi connectivity index (χ3n) is 4.48. The Kier molecular flexibility index (Phi) is 6.05.